The molecule has 0 aliphatic heterocycles. The number of rotatable bonds is 6. The van der Waals surface area contributed by atoms with Gasteiger partial charge in [-0.1, -0.05) is 5.16 Å². The van der Waals surface area contributed by atoms with Crippen LogP contribution < -0.4 is 4.74 Å². The van der Waals surface area contributed by atoms with Crippen LogP contribution in [-0.2, 0) is 5.54 Å². The maximum absolute atomic E-state index is 13.3. The Hall–Kier alpha value is -4.33. The minimum atomic E-state index is -5.04. The lowest BCUT2D eigenvalue weighted by atomic mass is 9.74. The maximum atomic E-state index is 13.3. The van der Waals surface area contributed by atoms with Gasteiger partial charge in [-0.2, -0.15) is 5.26 Å². The Kier molecular flexibility index (Phi) is 5.70. The summed E-state index contributed by atoms with van der Waals surface area (Å²) in [7, 11) is 0. The maximum Gasteiger partial charge on any atom is 0.573 e. The average Bonchev–Trinajstić information content (AvgIpc) is 3.34. The highest BCUT2D eigenvalue weighted by molar-refractivity contribution is 5.99. The van der Waals surface area contributed by atoms with Crippen LogP contribution in [0.1, 0.15) is 47.5 Å². The highest BCUT2D eigenvalue weighted by Gasteiger charge is 2.41. The Morgan fingerprint density at radius 1 is 1.27 bits per heavy atom. The van der Waals surface area contributed by atoms with Crippen LogP contribution in [0.15, 0.2) is 41.2 Å². The van der Waals surface area contributed by atoms with Crippen molar-refractivity contribution in [3.05, 3.63) is 53.7 Å². The first-order valence-electron chi connectivity index (χ1n) is 11.5. The molecule has 1 aliphatic carbocycles. The lowest BCUT2D eigenvalue weighted by Gasteiger charge is -2.42. The van der Waals surface area contributed by atoms with Crippen molar-refractivity contribution >= 4 is 17.0 Å². The molecule has 11 heteroatoms. The second kappa shape index (κ2) is 8.65. The second-order valence-electron chi connectivity index (χ2n) is 9.18. The summed E-state index contributed by atoms with van der Waals surface area (Å²) in [5.41, 5.74) is 2.05. The minimum absolute atomic E-state index is 0.0511. The van der Waals surface area contributed by atoms with E-state index in [1.54, 1.807) is 32.3 Å². The Morgan fingerprint density at radius 3 is 2.59 bits per heavy atom. The van der Waals surface area contributed by atoms with E-state index in [0.29, 0.717) is 33.6 Å². The van der Waals surface area contributed by atoms with Crippen molar-refractivity contribution in [2.45, 2.75) is 51.4 Å². The molecule has 3 heterocycles. The van der Waals surface area contributed by atoms with Crippen molar-refractivity contribution in [1.82, 2.24) is 14.7 Å². The molecular weight excluding hydrogens is 489 g/mol. The van der Waals surface area contributed by atoms with Crippen LogP contribution in [0.5, 0.6) is 5.75 Å². The molecule has 5 rings (SSSR count). The highest BCUT2D eigenvalue weighted by Crippen LogP contribution is 2.47. The zero-order chi connectivity index (χ0) is 26.5. The lowest BCUT2D eigenvalue weighted by molar-refractivity contribution is -0.274. The Labute approximate surface area is 208 Å². The van der Waals surface area contributed by atoms with Gasteiger partial charge in [0.15, 0.2) is 0 Å². The molecule has 0 bridgehead atoms. The van der Waals surface area contributed by atoms with Gasteiger partial charge in [-0.3, -0.25) is 0 Å². The van der Waals surface area contributed by atoms with Gasteiger partial charge in [0.25, 0.3) is 0 Å². The number of ether oxygens (including phenoxy) is 1. The number of fused-ring (bicyclic) bond motifs is 1. The molecule has 0 atom stereocenters. The number of aryl methyl sites for hydroxylation is 2. The van der Waals surface area contributed by atoms with Gasteiger partial charge in [-0.15, -0.1) is 13.2 Å². The van der Waals surface area contributed by atoms with E-state index in [4.69, 9.17) is 4.52 Å². The third kappa shape index (κ3) is 4.18. The predicted molar refractivity (Wildman–Crippen MR) is 126 cm³/mol. The minimum Gasteiger partial charge on any atom is -0.478 e. The van der Waals surface area contributed by atoms with Crippen LogP contribution in [0.3, 0.4) is 0 Å². The fraction of sp³-hybridized carbons (Fsp3) is 0.308. The molecule has 37 heavy (non-hydrogen) atoms. The van der Waals surface area contributed by atoms with Crippen LogP contribution in [-0.4, -0.2) is 32.1 Å². The summed E-state index contributed by atoms with van der Waals surface area (Å²) in [4.78, 5) is 16.1. The number of nitrogens with zero attached hydrogens (tertiary/aromatic N) is 4. The fourth-order valence-corrected chi connectivity index (χ4v) is 5.04. The number of carbonyl (C=O) groups is 1. The first kappa shape index (κ1) is 24.4. The number of halogens is 3. The molecule has 190 valence electrons. The zero-order valence-corrected chi connectivity index (χ0v) is 19.9. The number of aromatic nitrogens is 3. The van der Waals surface area contributed by atoms with Crippen LogP contribution in [0.25, 0.3) is 33.3 Å². The second-order valence-corrected chi connectivity index (χ2v) is 9.18. The number of nitriles is 1. The van der Waals surface area contributed by atoms with E-state index in [-0.39, 0.29) is 17.5 Å². The molecule has 0 radical (unpaired) electrons. The van der Waals surface area contributed by atoms with E-state index >= 15 is 0 Å². The Balaban J connectivity index is 1.80. The molecule has 3 aromatic heterocycles. The highest BCUT2D eigenvalue weighted by atomic mass is 19.4. The summed E-state index contributed by atoms with van der Waals surface area (Å²) in [5, 5.41) is 23.4. The fourth-order valence-electron chi connectivity index (χ4n) is 5.04. The van der Waals surface area contributed by atoms with Crippen LogP contribution in [0.2, 0.25) is 0 Å². The summed E-state index contributed by atoms with van der Waals surface area (Å²) in [6.07, 6.45) is 0.859. The largest absolute Gasteiger partial charge is 0.573 e. The van der Waals surface area contributed by atoms with Gasteiger partial charge < -0.3 is 18.9 Å². The van der Waals surface area contributed by atoms with E-state index < -0.39 is 23.6 Å². The quantitative estimate of drug-likeness (QED) is 0.321. The van der Waals surface area contributed by atoms with Crippen LogP contribution in [0, 0.1) is 25.2 Å². The molecule has 4 aromatic rings. The van der Waals surface area contributed by atoms with E-state index in [0.717, 1.165) is 30.9 Å². The predicted octanol–water partition coefficient (Wildman–Crippen LogP) is 6.36. The van der Waals surface area contributed by atoms with Crippen molar-refractivity contribution in [2.75, 3.05) is 0 Å². The molecule has 1 aliphatic rings. The first-order chi connectivity index (χ1) is 17.5. The number of hydrogen-bond donors (Lipinski definition) is 1. The first-order valence-corrected chi connectivity index (χ1v) is 11.5. The number of pyridine rings is 1. The standard InChI is InChI=1S/C26H21F3N4O4/c1-14-22(15(2)37-32-14)17-10-19-20(13-33(23(19)31-12-17)25(8-9-30)6-3-7-25)18-5-4-16(24(34)35)11-21(18)36-26(27,28)29/h4-5,10-13H,3,6-8H2,1-2H3,(H,34,35). The smallest absolute Gasteiger partial charge is 0.478 e. The van der Waals surface area contributed by atoms with Crippen molar-refractivity contribution < 1.29 is 32.3 Å². The molecule has 1 aromatic carbocycles. The summed E-state index contributed by atoms with van der Waals surface area (Å²) >= 11 is 0. The molecule has 1 saturated carbocycles. The SMILES string of the molecule is Cc1noc(C)c1-c1cnc2c(c1)c(-c1ccc(C(=O)O)cc1OC(F)(F)F)cn2C1(CC#N)CCC1. The third-order valence-corrected chi connectivity index (χ3v) is 6.91. The van der Waals surface area contributed by atoms with Crippen LogP contribution >= 0.6 is 0 Å². The molecule has 0 amide bonds. The number of alkyl halides is 3. The number of carboxylic acids is 1. The van der Waals surface area contributed by atoms with Gasteiger partial charge in [0.05, 0.1) is 29.3 Å². The number of carboxylic acid groups (broad SMARTS) is 1. The van der Waals surface area contributed by atoms with Gasteiger partial charge in [-0.05, 0) is 57.4 Å². The Morgan fingerprint density at radius 2 is 2.03 bits per heavy atom. The van der Waals surface area contributed by atoms with Crippen molar-refractivity contribution in [1.29, 1.82) is 5.26 Å². The molecule has 8 nitrogen and oxygen atoms in total. The number of aromatic carboxylic acids is 1. The van der Waals surface area contributed by atoms with E-state index in [1.165, 1.54) is 12.1 Å². The number of benzene rings is 1. The van der Waals surface area contributed by atoms with Gasteiger partial charge in [0, 0.05) is 40.0 Å². The van der Waals surface area contributed by atoms with Gasteiger partial charge >= 0.3 is 12.3 Å². The normalized spacial score (nSPS) is 14.8. The van der Waals surface area contributed by atoms with E-state index in [1.807, 2.05) is 4.57 Å². The van der Waals surface area contributed by atoms with Gasteiger partial charge in [-0.25, -0.2) is 9.78 Å². The molecular formula is C26H21F3N4O4. The molecule has 1 fully saturated rings. The summed E-state index contributed by atoms with van der Waals surface area (Å²) in [6, 6.07) is 7.40. The van der Waals surface area contributed by atoms with Gasteiger partial charge in [0.2, 0.25) is 0 Å². The molecule has 0 spiro atoms. The van der Waals surface area contributed by atoms with Crippen molar-refractivity contribution in [2.24, 2.45) is 0 Å². The number of hydrogen-bond acceptors (Lipinski definition) is 6. The van der Waals surface area contributed by atoms with E-state index in [9.17, 15) is 28.3 Å². The average molecular weight is 510 g/mol. The lowest BCUT2D eigenvalue weighted by Crippen LogP contribution is -2.39. The third-order valence-electron chi connectivity index (χ3n) is 6.91. The molecule has 1 N–H and O–H groups in total. The summed E-state index contributed by atoms with van der Waals surface area (Å²) in [5.74, 6) is -1.46. The van der Waals surface area contributed by atoms with E-state index in [2.05, 4.69) is 20.9 Å². The zero-order valence-electron chi connectivity index (χ0n) is 19.9. The van der Waals surface area contributed by atoms with Crippen molar-refractivity contribution in [3.63, 3.8) is 0 Å². The molecule has 0 saturated heterocycles. The summed E-state index contributed by atoms with van der Waals surface area (Å²) in [6.45, 7) is 3.53. The Bertz CT molecular complexity index is 1560. The van der Waals surface area contributed by atoms with Crippen molar-refractivity contribution in [3.8, 4) is 34.1 Å². The topological polar surface area (TPSA) is 114 Å². The molecule has 0 unspecified atom stereocenters. The summed E-state index contributed by atoms with van der Waals surface area (Å²) < 4.78 is 51.5. The monoisotopic (exact) mass is 510 g/mol. The van der Waals surface area contributed by atoms with Gasteiger partial charge in [0.1, 0.15) is 17.2 Å². The van der Waals surface area contributed by atoms with Crippen LogP contribution in [0.4, 0.5) is 13.2 Å².